The lowest BCUT2D eigenvalue weighted by Crippen LogP contribution is -2.60. The Morgan fingerprint density at radius 3 is 2.11 bits per heavy atom. The number of carbonyl (C=O) groups excluding carboxylic acids is 1. The molecule has 0 aromatic rings. The summed E-state index contributed by atoms with van der Waals surface area (Å²) in [5, 5.41) is 0. The van der Waals surface area contributed by atoms with Gasteiger partial charge in [-0.1, -0.05) is 13.8 Å². The summed E-state index contributed by atoms with van der Waals surface area (Å²) >= 11 is 0. The van der Waals surface area contributed by atoms with Crippen LogP contribution in [-0.4, -0.2) is 104 Å². The first-order valence-corrected chi connectivity index (χ1v) is 12.1. The van der Waals surface area contributed by atoms with E-state index in [2.05, 4.69) is 37.5 Å². The van der Waals surface area contributed by atoms with Gasteiger partial charge in [-0.3, -0.25) is 14.6 Å². The molecule has 0 radical (unpaired) electrons. The third-order valence-electron chi connectivity index (χ3n) is 6.08. The Kier molecular flexibility index (Phi) is 6.50. The van der Waals surface area contributed by atoms with Crippen LogP contribution in [0.25, 0.3) is 0 Å². The van der Waals surface area contributed by atoms with E-state index in [-0.39, 0.29) is 41.9 Å². The van der Waals surface area contributed by atoms with E-state index in [0.29, 0.717) is 18.8 Å². The molecule has 27 heavy (non-hydrogen) atoms. The van der Waals surface area contributed by atoms with Crippen molar-refractivity contribution in [1.82, 2.24) is 14.7 Å². The van der Waals surface area contributed by atoms with Crippen LogP contribution in [0, 0.1) is 5.92 Å². The number of morpholine rings is 1. The molecule has 0 aromatic heterocycles. The standard InChI is InChI=1S/C19H35N3O4S/c1-14(2)18(22-11-15(3)26-16(4)12-22)19(23)21-8-6-20(7-9-21)17-5-10-27(24,25)13-17/h14-18H,5-13H2,1-4H3. The van der Waals surface area contributed by atoms with Gasteiger partial charge in [0, 0.05) is 45.3 Å². The molecule has 1 amide bonds. The van der Waals surface area contributed by atoms with Gasteiger partial charge in [0.1, 0.15) is 0 Å². The molecule has 7 nitrogen and oxygen atoms in total. The number of sulfone groups is 1. The normalized spacial score (nSPS) is 34.1. The number of nitrogens with zero attached hydrogens (tertiary/aromatic N) is 3. The monoisotopic (exact) mass is 401 g/mol. The van der Waals surface area contributed by atoms with Crippen LogP contribution in [0.1, 0.15) is 34.1 Å². The van der Waals surface area contributed by atoms with Gasteiger partial charge >= 0.3 is 0 Å². The quantitative estimate of drug-likeness (QED) is 0.681. The number of hydrogen-bond acceptors (Lipinski definition) is 6. The second-order valence-electron chi connectivity index (χ2n) is 8.82. The number of piperazine rings is 1. The molecule has 4 atom stereocenters. The molecule has 0 spiro atoms. The maximum Gasteiger partial charge on any atom is 0.240 e. The number of carbonyl (C=O) groups is 1. The maximum absolute atomic E-state index is 13.3. The van der Waals surface area contributed by atoms with Crippen LogP contribution >= 0.6 is 0 Å². The average Bonchev–Trinajstić information content (AvgIpc) is 2.94. The van der Waals surface area contributed by atoms with Crippen molar-refractivity contribution in [1.29, 1.82) is 0 Å². The van der Waals surface area contributed by atoms with E-state index in [1.54, 1.807) is 0 Å². The molecular formula is C19H35N3O4S. The molecule has 0 aromatic carbocycles. The highest BCUT2D eigenvalue weighted by atomic mass is 32.2. The minimum atomic E-state index is -2.87. The lowest BCUT2D eigenvalue weighted by Gasteiger charge is -2.44. The van der Waals surface area contributed by atoms with Gasteiger partial charge in [-0.15, -0.1) is 0 Å². The SMILES string of the molecule is CC1CN(C(C(=O)N2CCN(C3CCS(=O)(=O)C3)CC2)C(C)C)CC(C)O1. The van der Waals surface area contributed by atoms with Crippen molar-refractivity contribution in [2.24, 2.45) is 5.92 Å². The first-order valence-electron chi connectivity index (χ1n) is 10.3. The second kappa shape index (κ2) is 8.35. The van der Waals surface area contributed by atoms with E-state index in [1.165, 1.54) is 0 Å². The van der Waals surface area contributed by atoms with Crippen LogP contribution < -0.4 is 0 Å². The summed E-state index contributed by atoms with van der Waals surface area (Å²) in [7, 11) is -2.87. The fourth-order valence-corrected chi connectivity index (χ4v) is 6.63. The van der Waals surface area contributed by atoms with Gasteiger partial charge in [0.25, 0.3) is 0 Å². The number of hydrogen-bond donors (Lipinski definition) is 0. The summed E-state index contributed by atoms with van der Waals surface area (Å²) in [4.78, 5) is 19.8. The smallest absolute Gasteiger partial charge is 0.240 e. The van der Waals surface area contributed by atoms with Crippen LogP contribution in [-0.2, 0) is 19.4 Å². The molecule has 3 aliphatic rings. The fraction of sp³-hybridized carbons (Fsp3) is 0.947. The zero-order chi connectivity index (χ0) is 19.8. The Morgan fingerprint density at radius 1 is 1.04 bits per heavy atom. The van der Waals surface area contributed by atoms with Gasteiger partial charge in [-0.2, -0.15) is 0 Å². The van der Waals surface area contributed by atoms with Gasteiger partial charge < -0.3 is 9.64 Å². The van der Waals surface area contributed by atoms with Crippen LogP contribution in [0.2, 0.25) is 0 Å². The summed E-state index contributed by atoms with van der Waals surface area (Å²) in [6.45, 7) is 12.9. The van der Waals surface area contributed by atoms with Gasteiger partial charge in [-0.25, -0.2) is 8.42 Å². The maximum atomic E-state index is 13.3. The Morgan fingerprint density at radius 2 is 1.63 bits per heavy atom. The van der Waals surface area contributed by atoms with Crippen molar-refractivity contribution in [3.05, 3.63) is 0 Å². The largest absolute Gasteiger partial charge is 0.373 e. The highest BCUT2D eigenvalue weighted by Gasteiger charge is 2.39. The van der Waals surface area contributed by atoms with Gasteiger partial charge in [0.05, 0.1) is 29.8 Å². The van der Waals surface area contributed by atoms with E-state index >= 15 is 0 Å². The highest BCUT2D eigenvalue weighted by molar-refractivity contribution is 7.91. The minimum Gasteiger partial charge on any atom is -0.373 e. The van der Waals surface area contributed by atoms with E-state index < -0.39 is 9.84 Å². The van der Waals surface area contributed by atoms with Crippen LogP contribution in [0.3, 0.4) is 0 Å². The zero-order valence-corrected chi connectivity index (χ0v) is 18.0. The summed E-state index contributed by atoms with van der Waals surface area (Å²) in [5.41, 5.74) is 0. The summed E-state index contributed by atoms with van der Waals surface area (Å²) in [6, 6.07) is 0.0197. The minimum absolute atomic E-state index is 0.114. The molecule has 0 saturated carbocycles. The molecule has 156 valence electrons. The summed E-state index contributed by atoms with van der Waals surface area (Å²) < 4.78 is 29.3. The Labute approximate surface area is 163 Å². The first kappa shape index (κ1) is 21.0. The molecule has 8 heteroatoms. The molecular weight excluding hydrogens is 366 g/mol. The third-order valence-corrected chi connectivity index (χ3v) is 7.83. The molecule has 0 aliphatic carbocycles. The molecule has 3 rings (SSSR count). The fourth-order valence-electron chi connectivity index (χ4n) is 4.87. The second-order valence-corrected chi connectivity index (χ2v) is 11.0. The van der Waals surface area contributed by atoms with Crippen molar-refractivity contribution in [3.8, 4) is 0 Å². The van der Waals surface area contributed by atoms with Crippen LogP contribution in [0.4, 0.5) is 0 Å². The van der Waals surface area contributed by atoms with Gasteiger partial charge in [-0.05, 0) is 26.2 Å². The molecule has 0 N–H and O–H groups in total. The number of ether oxygens (including phenoxy) is 1. The third kappa shape index (κ3) is 5.02. The van der Waals surface area contributed by atoms with Crippen molar-refractivity contribution >= 4 is 15.7 Å². The predicted molar refractivity (Wildman–Crippen MR) is 105 cm³/mol. The van der Waals surface area contributed by atoms with Gasteiger partial charge in [0.2, 0.25) is 5.91 Å². The molecule has 0 bridgehead atoms. The van der Waals surface area contributed by atoms with Crippen molar-refractivity contribution in [3.63, 3.8) is 0 Å². The lowest BCUT2D eigenvalue weighted by molar-refractivity contribution is -0.147. The first-order chi connectivity index (χ1) is 12.7. The average molecular weight is 402 g/mol. The summed E-state index contributed by atoms with van der Waals surface area (Å²) in [5.74, 6) is 1.04. The van der Waals surface area contributed by atoms with Crippen LogP contribution in [0.15, 0.2) is 0 Å². The Balaban J connectivity index is 1.59. The van der Waals surface area contributed by atoms with Gasteiger partial charge in [0.15, 0.2) is 9.84 Å². The zero-order valence-electron chi connectivity index (χ0n) is 17.1. The molecule has 3 aliphatic heterocycles. The molecule has 3 heterocycles. The topological polar surface area (TPSA) is 70.2 Å². The number of rotatable bonds is 4. The molecule has 4 unspecified atom stereocenters. The highest BCUT2D eigenvalue weighted by Crippen LogP contribution is 2.23. The van der Waals surface area contributed by atoms with Crippen molar-refractivity contribution < 1.29 is 17.9 Å². The Bertz CT molecular complexity index is 621. The van der Waals surface area contributed by atoms with Crippen molar-refractivity contribution in [2.45, 2.75) is 58.4 Å². The van der Waals surface area contributed by atoms with Crippen LogP contribution in [0.5, 0.6) is 0 Å². The van der Waals surface area contributed by atoms with E-state index in [1.807, 2.05) is 4.90 Å². The van der Waals surface area contributed by atoms with E-state index in [9.17, 15) is 13.2 Å². The van der Waals surface area contributed by atoms with E-state index in [4.69, 9.17) is 4.74 Å². The van der Waals surface area contributed by atoms with E-state index in [0.717, 1.165) is 32.6 Å². The Hall–Kier alpha value is -0.700. The summed E-state index contributed by atoms with van der Waals surface area (Å²) in [6.07, 6.45) is 1.02. The molecule has 3 saturated heterocycles. The van der Waals surface area contributed by atoms with Crippen molar-refractivity contribution in [2.75, 3.05) is 50.8 Å². The number of amides is 1. The predicted octanol–water partition coefficient (Wildman–Crippen LogP) is 0.452. The lowest BCUT2D eigenvalue weighted by atomic mass is 9.98. The molecule has 3 fully saturated rings.